The minimum Gasteiger partial charge on any atom is -0.417 e. The van der Waals surface area contributed by atoms with Gasteiger partial charge in [-0.3, -0.25) is 4.40 Å². The number of anilines is 2. The summed E-state index contributed by atoms with van der Waals surface area (Å²) in [4.78, 5) is 17.9. The van der Waals surface area contributed by atoms with E-state index in [0.717, 1.165) is 54.0 Å². The molecule has 1 saturated carbocycles. The molecule has 0 aromatic carbocycles. The molecule has 35 heavy (non-hydrogen) atoms. The fraction of sp³-hybridized carbons (Fsp3) is 0.333. The first-order valence-electron chi connectivity index (χ1n) is 11.3. The molecule has 1 fully saturated rings. The monoisotopic (exact) mass is 480 g/mol. The van der Waals surface area contributed by atoms with Crippen LogP contribution in [0.3, 0.4) is 0 Å². The van der Waals surface area contributed by atoms with Crippen molar-refractivity contribution in [3.05, 3.63) is 60.4 Å². The van der Waals surface area contributed by atoms with E-state index in [1.807, 2.05) is 29.7 Å². The molecule has 0 atom stereocenters. The Morgan fingerprint density at radius 1 is 1.06 bits per heavy atom. The highest BCUT2D eigenvalue weighted by molar-refractivity contribution is 5.67. The molecule has 4 aromatic rings. The van der Waals surface area contributed by atoms with E-state index in [2.05, 4.69) is 25.0 Å². The standard InChI is InChI=1S/C24H26F2N8O/c1-14-10-31-22(24(28)8-6-15(27)7-9-24)33-21(14)18-12-29-19-4-2-17(13-34(18)19)32-16-3-5-20(30-11-16)35-23(25)26/h2-5,10-13,15,23,32H,6-9,27-28H2,1H3. The smallest absolute Gasteiger partial charge is 0.388 e. The van der Waals surface area contributed by atoms with Crippen LogP contribution in [0.4, 0.5) is 20.2 Å². The maximum absolute atomic E-state index is 12.4. The van der Waals surface area contributed by atoms with E-state index in [9.17, 15) is 8.78 Å². The number of hydrogen-bond donors (Lipinski definition) is 3. The molecule has 0 amide bonds. The summed E-state index contributed by atoms with van der Waals surface area (Å²) >= 11 is 0. The Bertz CT molecular complexity index is 1330. The summed E-state index contributed by atoms with van der Waals surface area (Å²) in [5, 5.41) is 3.21. The van der Waals surface area contributed by atoms with Crippen molar-refractivity contribution >= 4 is 17.0 Å². The average molecular weight is 481 g/mol. The number of alkyl halides is 2. The lowest BCUT2D eigenvalue weighted by Gasteiger charge is -2.34. The second-order valence-electron chi connectivity index (χ2n) is 8.90. The molecule has 0 saturated heterocycles. The van der Waals surface area contributed by atoms with Crippen molar-refractivity contribution < 1.29 is 13.5 Å². The van der Waals surface area contributed by atoms with E-state index in [1.54, 1.807) is 18.5 Å². The van der Waals surface area contributed by atoms with Gasteiger partial charge in [-0.2, -0.15) is 8.78 Å². The Hall–Kier alpha value is -3.70. The highest BCUT2D eigenvalue weighted by atomic mass is 19.3. The van der Waals surface area contributed by atoms with E-state index >= 15 is 0 Å². The van der Waals surface area contributed by atoms with Crippen LogP contribution in [-0.4, -0.2) is 37.0 Å². The van der Waals surface area contributed by atoms with Crippen molar-refractivity contribution in [3.8, 4) is 17.3 Å². The molecule has 0 unspecified atom stereocenters. The topological polar surface area (TPSA) is 129 Å². The lowest BCUT2D eigenvalue weighted by atomic mass is 9.79. The predicted octanol–water partition coefficient (Wildman–Crippen LogP) is 3.90. The van der Waals surface area contributed by atoms with Crippen LogP contribution in [0.5, 0.6) is 5.88 Å². The van der Waals surface area contributed by atoms with Gasteiger partial charge in [-0.15, -0.1) is 0 Å². The van der Waals surface area contributed by atoms with Gasteiger partial charge >= 0.3 is 6.61 Å². The van der Waals surface area contributed by atoms with E-state index in [-0.39, 0.29) is 11.9 Å². The number of aryl methyl sites for hydroxylation is 1. The molecule has 9 nitrogen and oxygen atoms in total. The molecule has 5 N–H and O–H groups in total. The van der Waals surface area contributed by atoms with Crippen molar-refractivity contribution in [2.75, 3.05) is 5.32 Å². The SMILES string of the molecule is Cc1cnc(C2(N)CCC(N)CC2)nc1-c1cnc2ccc(Nc3ccc(OC(F)F)nc3)cn12. The minimum atomic E-state index is -2.92. The van der Waals surface area contributed by atoms with Gasteiger partial charge in [0.05, 0.1) is 40.7 Å². The van der Waals surface area contributed by atoms with Crippen molar-refractivity contribution in [1.29, 1.82) is 0 Å². The summed E-state index contributed by atoms with van der Waals surface area (Å²) in [6, 6.07) is 6.90. The number of fused-ring (bicyclic) bond motifs is 1. The zero-order valence-corrected chi connectivity index (χ0v) is 19.2. The van der Waals surface area contributed by atoms with Gasteiger partial charge in [0.15, 0.2) is 0 Å². The van der Waals surface area contributed by atoms with E-state index in [1.165, 1.54) is 12.3 Å². The van der Waals surface area contributed by atoms with Crippen LogP contribution in [-0.2, 0) is 5.54 Å². The van der Waals surface area contributed by atoms with Gasteiger partial charge in [0.2, 0.25) is 5.88 Å². The van der Waals surface area contributed by atoms with Gasteiger partial charge in [-0.05, 0) is 56.4 Å². The Morgan fingerprint density at radius 2 is 1.83 bits per heavy atom. The fourth-order valence-corrected chi connectivity index (χ4v) is 4.33. The summed E-state index contributed by atoms with van der Waals surface area (Å²) in [7, 11) is 0. The van der Waals surface area contributed by atoms with Crippen LogP contribution < -0.4 is 21.5 Å². The third-order valence-corrected chi connectivity index (χ3v) is 6.32. The zero-order chi connectivity index (χ0) is 24.6. The molecule has 0 bridgehead atoms. The summed E-state index contributed by atoms with van der Waals surface area (Å²) in [5.41, 5.74) is 16.8. The van der Waals surface area contributed by atoms with Gasteiger partial charge in [-0.25, -0.2) is 19.9 Å². The quantitative estimate of drug-likeness (QED) is 0.379. The maximum Gasteiger partial charge on any atom is 0.388 e. The molecule has 0 spiro atoms. The Labute approximate surface area is 200 Å². The predicted molar refractivity (Wildman–Crippen MR) is 127 cm³/mol. The second kappa shape index (κ2) is 9.16. The van der Waals surface area contributed by atoms with Gasteiger partial charge < -0.3 is 21.5 Å². The minimum absolute atomic E-state index is 0.148. The number of nitrogens with one attached hydrogen (secondary N) is 1. The molecule has 5 rings (SSSR count). The number of hydrogen-bond acceptors (Lipinski definition) is 8. The van der Waals surface area contributed by atoms with Crippen LogP contribution in [0.15, 0.2) is 49.1 Å². The summed E-state index contributed by atoms with van der Waals surface area (Å²) < 4.78 is 30.9. The molecule has 0 aliphatic heterocycles. The first-order chi connectivity index (χ1) is 16.8. The number of nitrogens with two attached hydrogens (primary N) is 2. The lowest BCUT2D eigenvalue weighted by Crippen LogP contribution is -2.45. The van der Waals surface area contributed by atoms with Crippen LogP contribution in [0.25, 0.3) is 17.0 Å². The number of ether oxygens (including phenoxy) is 1. The van der Waals surface area contributed by atoms with Crippen molar-refractivity contribution in [1.82, 2.24) is 24.3 Å². The number of halogens is 2. The van der Waals surface area contributed by atoms with Crippen molar-refractivity contribution in [3.63, 3.8) is 0 Å². The second-order valence-corrected chi connectivity index (χ2v) is 8.90. The first-order valence-corrected chi connectivity index (χ1v) is 11.3. The third-order valence-electron chi connectivity index (χ3n) is 6.32. The van der Waals surface area contributed by atoms with Crippen LogP contribution in [0, 0.1) is 6.92 Å². The van der Waals surface area contributed by atoms with E-state index < -0.39 is 12.2 Å². The molecule has 0 radical (unpaired) electrons. The Kier molecular flexibility index (Phi) is 6.03. The Balaban J connectivity index is 1.45. The highest BCUT2D eigenvalue weighted by Gasteiger charge is 2.35. The lowest BCUT2D eigenvalue weighted by molar-refractivity contribution is -0.0528. The normalized spacial score (nSPS) is 20.3. The summed E-state index contributed by atoms with van der Waals surface area (Å²) in [6.07, 6.45) is 10.1. The van der Waals surface area contributed by atoms with Gasteiger partial charge in [0.1, 0.15) is 11.5 Å². The number of imidazole rings is 1. The molecule has 1 aliphatic carbocycles. The van der Waals surface area contributed by atoms with Crippen LogP contribution >= 0.6 is 0 Å². The van der Waals surface area contributed by atoms with Crippen LogP contribution in [0.2, 0.25) is 0 Å². The highest BCUT2D eigenvalue weighted by Crippen LogP contribution is 2.34. The zero-order valence-electron chi connectivity index (χ0n) is 19.2. The Morgan fingerprint density at radius 3 is 2.54 bits per heavy atom. The van der Waals surface area contributed by atoms with Crippen LogP contribution in [0.1, 0.15) is 37.1 Å². The number of pyridine rings is 2. The molecule has 4 heterocycles. The number of nitrogens with zero attached hydrogens (tertiary/aromatic N) is 5. The van der Waals surface area contributed by atoms with Gasteiger partial charge in [-0.1, -0.05) is 0 Å². The van der Waals surface area contributed by atoms with Crippen molar-refractivity contribution in [2.45, 2.75) is 50.8 Å². The number of aromatic nitrogens is 5. The molecule has 182 valence electrons. The molecule has 4 aromatic heterocycles. The van der Waals surface area contributed by atoms with Gasteiger partial charge in [0.25, 0.3) is 0 Å². The fourth-order valence-electron chi connectivity index (χ4n) is 4.33. The number of rotatable bonds is 6. The molecule has 11 heteroatoms. The van der Waals surface area contributed by atoms with E-state index in [0.29, 0.717) is 11.5 Å². The molecule has 1 aliphatic rings. The average Bonchev–Trinajstić information content (AvgIpc) is 3.25. The largest absolute Gasteiger partial charge is 0.417 e. The maximum atomic E-state index is 12.4. The molecular formula is C24H26F2N8O. The van der Waals surface area contributed by atoms with Crippen molar-refractivity contribution in [2.24, 2.45) is 11.5 Å². The van der Waals surface area contributed by atoms with E-state index in [4.69, 9.17) is 16.5 Å². The summed E-state index contributed by atoms with van der Waals surface area (Å²) in [5.74, 6) is 0.469. The van der Waals surface area contributed by atoms with Gasteiger partial charge in [0, 0.05) is 24.5 Å². The third kappa shape index (κ3) is 4.77. The summed E-state index contributed by atoms with van der Waals surface area (Å²) in [6.45, 7) is -0.964. The molecular weight excluding hydrogens is 454 g/mol. The first kappa shape index (κ1) is 23.1.